The smallest absolute Gasteiger partial charge is 0.0568 e. The van der Waals surface area contributed by atoms with Gasteiger partial charge in [0.05, 0.1) is 6.20 Å². The highest BCUT2D eigenvalue weighted by Gasteiger charge is 2.06. The van der Waals surface area contributed by atoms with Gasteiger partial charge in [0.1, 0.15) is 0 Å². The van der Waals surface area contributed by atoms with Crippen molar-refractivity contribution in [3.8, 4) is 11.1 Å². The second kappa shape index (κ2) is 4.12. The first-order valence-electron chi connectivity index (χ1n) is 5.67. The second-order valence-electron chi connectivity index (χ2n) is 4.63. The van der Waals surface area contributed by atoms with Crippen LogP contribution >= 0.6 is 0 Å². The zero-order chi connectivity index (χ0) is 11.7. The Morgan fingerprint density at radius 3 is 2.50 bits per heavy atom. The Hall–Kier alpha value is -1.57. The lowest BCUT2D eigenvalue weighted by molar-refractivity contribution is 0.768. The Morgan fingerprint density at radius 2 is 1.94 bits per heavy atom. The fourth-order valence-electron chi connectivity index (χ4n) is 2.01. The number of benzene rings is 1. The summed E-state index contributed by atoms with van der Waals surface area (Å²) in [6.07, 6.45) is 3.96. The molecule has 2 rings (SSSR count). The molecule has 2 heteroatoms. The quantitative estimate of drug-likeness (QED) is 0.748. The third kappa shape index (κ3) is 2.01. The highest BCUT2D eigenvalue weighted by molar-refractivity contribution is 5.63. The van der Waals surface area contributed by atoms with E-state index < -0.39 is 0 Å². The molecule has 0 aliphatic rings. The summed E-state index contributed by atoms with van der Waals surface area (Å²) >= 11 is 0. The molecule has 1 aromatic heterocycles. The van der Waals surface area contributed by atoms with E-state index in [2.05, 4.69) is 50.3 Å². The van der Waals surface area contributed by atoms with E-state index in [9.17, 15) is 0 Å². The van der Waals surface area contributed by atoms with E-state index in [0.29, 0.717) is 5.92 Å². The fourth-order valence-corrected chi connectivity index (χ4v) is 2.01. The minimum absolute atomic E-state index is 0.566. The monoisotopic (exact) mass is 214 g/mol. The van der Waals surface area contributed by atoms with E-state index in [1.165, 1.54) is 22.3 Å². The molecule has 0 saturated heterocycles. The van der Waals surface area contributed by atoms with E-state index in [1.807, 2.05) is 17.9 Å². The molecule has 0 aliphatic heterocycles. The van der Waals surface area contributed by atoms with Gasteiger partial charge in [0.15, 0.2) is 0 Å². The van der Waals surface area contributed by atoms with Crippen molar-refractivity contribution in [3.05, 3.63) is 41.7 Å². The van der Waals surface area contributed by atoms with Crippen molar-refractivity contribution in [2.24, 2.45) is 7.05 Å². The molecule has 16 heavy (non-hydrogen) atoms. The number of aryl methyl sites for hydroxylation is 2. The fraction of sp³-hybridized carbons (Fsp3) is 0.357. The minimum atomic E-state index is 0.566. The molecule has 0 bridgehead atoms. The maximum Gasteiger partial charge on any atom is 0.0568 e. The summed E-state index contributed by atoms with van der Waals surface area (Å²) in [7, 11) is 1.95. The van der Waals surface area contributed by atoms with Gasteiger partial charge in [0, 0.05) is 18.8 Å². The third-order valence-corrected chi connectivity index (χ3v) is 2.94. The van der Waals surface area contributed by atoms with Crippen LogP contribution in [0.2, 0.25) is 0 Å². The lowest BCUT2D eigenvalue weighted by Crippen LogP contribution is -1.92. The molecule has 1 heterocycles. The van der Waals surface area contributed by atoms with E-state index in [0.717, 1.165) is 0 Å². The minimum Gasteiger partial charge on any atom is -0.275 e. The first-order chi connectivity index (χ1) is 7.58. The summed E-state index contributed by atoms with van der Waals surface area (Å²) in [6, 6.07) is 6.63. The zero-order valence-corrected chi connectivity index (χ0v) is 10.4. The summed E-state index contributed by atoms with van der Waals surface area (Å²) in [5.74, 6) is 0.566. The molecule has 0 spiro atoms. The number of aromatic nitrogens is 2. The van der Waals surface area contributed by atoms with Crippen LogP contribution in [0.4, 0.5) is 0 Å². The highest BCUT2D eigenvalue weighted by Crippen LogP contribution is 2.26. The van der Waals surface area contributed by atoms with Gasteiger partial charge in [-0.2, -0.15) is 5.10 Å². The molecule has 2 aromatic rings. The maximum absolute atomic E-state index is 4.21. The van der Waals surface area contributed by atoms with Crippen molar-refractivity contribution in [3.63, 3.8) is 0 Å². The van der Waals surface area contributed by atoms with Gasteiger partial charge in [-0.1, -0.05) is 32.0 Å². The van der Waals surface area contributed by atoms with Gasteiger partial charge in [-0.25, -0.2) is 0 Å². The Morgan fingerprint density at radius 1 is 1.19 bits per heavy atom. The number of rotatable bonds is 2. The maximum atomic E-state index is 4.21. The molecule has 0 unspecified atom stereocenters. The van der Waals surface area contributed by atoms with Crippen LogP contribution in [0.1, 0.15) is 30.9 Å². The Balaban J connectivity index is 2.47. The molecule has 0 amide bonds. The zero-order valence-electron chi connectivity index (χ0n) is 10.4. The third-order valence-electron chi connectivity index (χ3n) is 2.94. The molecule has 0 atom stereocenters. The van der Waals surface area contributed by atoms with Crippen molar-refractivity contribution in [2.45, 2.75) is 26.7 Å². The molecule has 1 aromatic carbocycles. The van der Waals surface area contributed by atoms with Crippen LogP contribution in [0.5, 0.6) is 0 Å². The average molecular weight is 214 g/mol. The molecule has 0 saturated carbocycles. The van der Waals surface area contributed by atoms with Gasteiger partial charge < -0.3 is 0 Å². The first kappa shape index (κ1) is 10.9. The molecule has 2 nitrogen and oxygen atoms in total. The lowest BCUT2D eigenvalue weighted by atomic mass is 9.94. The molecular weight excluding hydrogens is 196 g/mol. The van der Waals surface area contributed by atoms with Gasteiger partial charge in [0.25, 0.3) is 0 Å². The molecule has 84 valence electrons. The summed E-state index contributed by atoms with van der Waals surface area (Å²) in [4.78, 5) is 0. The summed E-state index contributed by atoms with van der Waals surface area (Å²) in [5, 5.41) is 4.21. The van der Waals surface area contributed by atoms with Crippen molar-refractivity contribution in [1.82, 2.24) is 9.78 Å². The summed E-state index contributed by atoms with van der Waals surface area (Å²) < 4.78 is 1.84. The largest absolute Gasteiger partial charge is 0.275 e. The molecular formula is C14H18N2. The van der Waals surface area contributed by atoms with Crippen LogP contribution in [0.25, 0.3) is 11.1 Å². The summed E-state index contributed by atoms with van der Waals surface area (Å²) in [6.45, 7) is 6.63. The number of hydrogen-bond acceptors (Lipinski definition) is 1. The highest BCUT2D eigenvalue weighted by atomic mass is 15.2. The van der Waals surface area contributed by atoms with Gasteiger partial charge >= 0.3 is 0 Å². The normalized spacial score (nSPS) is 11.1. The van der Waals surface area contributed by atoms with Crippen LogP contribution in [0.15, 0.2) is 30.6 Å². The first-order valence-corrected chi connectivity index (χ1v) is 5.67. The topological polar surface area (TPSA) is 17.8 Å². The van der Waals surface area contributed by atoms with Gasteiger partial charge in [0.2, 0.25) is 0 Å². The van der Waals surface area contributed by atoms with Crippen molar-refractivity contribution in [2.75, 3.05) is 0 Å². The Bertz CT molecular complexity index is 495. The Kier molecular flexibility index (Phi) is 2.82. The van der Waals surface area contributed by atoms with Gasteiger partial charge in [-0.05, 0) is 29.5 Å². The number of hydrogen-bond donors (Lipinski definition) is 0. The molecule has 0 N–H and O–H groups in total. The molecule has 0 aliphatic carbocycles. The van der Waals surface area contributed by atoms with Gasteiger partial charge in [-0.15, -0.1) is 0 Å². The van der Waals surface area contributed by atoms with Crippen LogP contribution in [-0.2, 0) is 7.05 Å². The number of nitrogens with zero attached hydrogens (tertiary/aromatic N) is 2. The van der Waals surface area contributed by atoms with Crippen LogP contribution in [0, 0.1) is 6.92 Å². The van der Waals surface area contributed by atoms with Crippen molar-refractivity contribution < 1.29 is 0 Å². The van der Waals surface area contributed by atoms with Crippen molar-refractivity contribution >= 4 is 0 Å². The van der Waals surface area contributed by atoms with Crippen molar-refractivity contribution in [1.29, 1.82) is 0 Å². The van der Waals surface area contributed by atoms with Crippen LogP contribution in [0.3, 0.4) is 0 Å². The van der Waals surface area contributed by atoms with E-state index >= 15 is 0 Å². The van der Waals surface area contributed by atoms with E-state index in [1.54, 1.807) is 0 Å². The van der Waals surface area contributed by atoms with E-state index in [-0.39, 0.29) is 0 Å². The predicted octanol–water partition coefficient (Wildman–Crippen LogP) is 3.52. The predicted molar refractivity (Wildman–Crippen MR) is 67.5 cm³/mol. The second-order valence-corrected chi connectivity index (χ2v) is 4.63. The summed E-state index contributed by atoms with van der Waals surface area (Å²) in [5.41, 5.74) is 5.22. The average Bonchev–Trinajstić information content (AvgIpc) is 2.65. The SMILES string of the molecule is Cc1ccc(-c2cnn(C)c2)cc1C(C)C. The van der Waals surface area contributed by atoms with Crippen LogP contribution < -0.4 is 0 Å². The van der Waals surface area contributed by atoms with E-state index in [4.69, 9.17) is 0 Å². The van der Waals surface area contributed by atoms with Gasteiger partial charge in [-0.3, -0.25) is 4.68 Å². The van der Waals surface area contributed by atoms with Crippen LogP contribution in [-0.4, -0.2) is 9.78 Å². The lowest BCUT2D eigenvalue weighted by Gasteiger charge is -2.11. The Labute approximate surface area is 96.9 Å². The molecule has 0 fully saturated rings. The molecule has 0 radical (unpaired) electrons. The standard InChI is InChI=1S/C14H18N2/c1-10(2)14-7-12(6-5-11(14)3)13-8-15-16(4)9-13/h5-10H,1-4H3.